The predicted octanol–water partition coefficient (Wildman–Crippen LogP) is 3.63. The monoisotopic (exact) mass is 276 g/mol. The second kappa shape index (κ2) is 7.46. The first kappa shape index (κ1) is 15.1. The summed E-state index contributed by atoms with van der Waals surface area (Å²) in [6.45, 7) is 8.44. The number of hydrogen-bond donors (Lipinski definition) is 1. The largest absolute Gasteiger partial charge is 0.370 e. The fourth-order valence-corrected chi connectivity index (χ4v) is 3.06. The molecule has 0 aliphatic heterocycles. The van der Waals surface area contributed by atoms with Gasteiger partial charge in [0.15, 0.2) is 0 Å². The summed E-state index contributed by atoms with van der Waals surface area (Å²) >= 11 is 0. The Hall–Kier alpha value is -1.32. The summed E-state index contributed by atoms with van der Waals surface area (Å²) in [7, 11) is 0. The quantitative estimate of drug-likeness (QED) is 0.825. The summed E-state index contributed by atoms with van der Waals surface area (Å²) in [6.07, 6.45) is 7.36. The van der Waals surface area contributed by atoms with Crippen LogP contribution in [0.5, 0.6) is 0 Å². The highest BCUT2D eigenvalue weighted by atomic mass is 15.2. The second-order valence-corrected chi connectivity index (χ2v) is 5.53. The molecule has 0 atom stereocenters. The molecule has 0 amide bonds. The van der Waals surface area contributed by atoms with Crippen LogP contribution >= 0.6 is 0 Å². The molecule has 1 aromatic rings. The summed E-state index contributed by atoms with van der Waals surface area (Å²) in [4.78, 5) is 11.9. The zero-order chi connectivity index (χ0) is 14.4. The van der Waals surface area contributed by atoms with Gasteiger partial charge in [-0.15, -0.1) is 0 Å². The van der Waals surface area contributed by atoms with E-state index in [0.717, 1.165) is 43.4 Å². The van der Waals surface area contributed by atoms with Gasteiger partial charge in [0.25, 0.3) is 0 Å². The van der Waals surface area contributed by atoms with E-state index < -0.39 is 0 Å². The third-order valence-electron chi connectivity index (χ3n) is 3.99. The number of anilines is 2. The first-order valence-electron chi connectivity index (χ1n) is 8.16. The first-order valence-corrected chi connectivity index (χ1v) is 8.16. The number of rotatable bonds is 7. The van der Waals surface area contributed by atoms with E-state index in [0.29, 0.717) is 6.04 Å². The Morgan fingerprint density at radius 1 is 1.20 bits per heavy atom. The van der Waals surface area contributed by atoms with Gasteiger partial charge in [0.05, 0.1) is 0 Å². The summed E-state index contributed by atoms with van der Waals surface area (Å²) in [6, 6.07) is 2.78. The Morgan fingerprint density at radius 3 is 2.55 bits per heavy atom. The van der Waals surface area contributed by atoms with Gasteiger partial charge in [-0.1, -0.05) is 19.8 Å². The fraction of sp³-hybridized carbons (Fsp3) is 0.750. The van der Waals surface area contributed by atoms with Crippen LogP contribution in [0.2, 0.25) is 0 Å². The molecule has 20 heavy (non-hydrogen) atoms. The number of hydrogen-bond acceptors (Lipinski definition) is 4. The molecular weight excluding hydrogens is 248 g/mol. The molecular formula is C16H28N4. The van der Waals surface area contributed by atoms with Crippen molar-refractivity contribution in [1.29, 1.82) is 0 Å². The van der Waals surface area contributed by atoms with Gasteiger partial charge >= 0.3 is 0 Å². The lowest BCUT2D eigenvalue weighted by Crippen LogP contribution is -2.34. The van der Waals surface area contributed by atoms with Crippen molar-refractivity contribution < 1.29 is 0 Å². The van der Waals surface area contributed by atoms with Crippen LogP contribution in [-0.2, 0) is 6.42 Å². The van der Waals surface area contributed by atoms with Gasteiger partial charge in [0.2, 0.25) is 0 Å². The van der Waals surface area contributed by atoms with Gasteiger partial charge < -0.3 is 10.2 Å². The molecule has 112 valence electrons. The lowest BCUT2D eigenvalue weighted by molar-refractivity contribution is 0.610. The highest BCUT2D eigenvalue weighted by molar-refractivity contribution is 5.50. The van der Waals surface area contributed by atoms with E-state index in [9.17, 15) is 0 Å². The Balaban J connectivity index is 2.26. The Labute approximate surface area is 123 Å². The van der Waals surface area contributed by atoms with Crippen molar-refractivity contribution in [2.45, 2.75) is 65.3 Å². The van der Waals surface area contributed by atoms with Crippen molar-refractivity contribution in [1.82, 2.24) is 9.97 Å². The Kier molecular flexibility index (Phi) is 5.62. The molecule has 0 aromatic carbocycles. The number of nitrogens with one attached hydrogen (secondary N) is 1. The fourth-order valence-electron chi connectivity index (χ4n) is 3.06. The number of aryl methyl sites for hydroxylation is 1. The van der Waals surface area contributed by atoms with Crippen LogP contribution < -0.4 is 10.2 Å². The van der Waals surface area contributed by atoms with Gasteiger partial charge in [0, 0.05) is 31.6 Å². The summed E-state index contributed by atoms with van der Waals surface area (Å²) in [5, 5.41) is 3.34. The normalized spacial score (nSPS) is 15.6. The molecule has 0 spiro atoms. The van der Waals surface area contributed by atoms with E-state index in [1.165, 1.54) is 25.7 Å². The van der Waals surface area contributed by atoms with Crippen LogP contribution in [0.1, 0.15) is 58.7 Å². The minimum absolute atomic E-state index is 0.666. The molecule has 1 aromatic heterocycles. The van der Waals surface area contributed by atoms with E-state index in [-0.39, 0.29) is 0 Å². The lowest BCUT2D eigenvalue weighted by atomic mass is 10.2. The van der Waals surface area contributed by atoms with Crippen LogP contribution in [0.4, 0.5) is 11.6 Å². The summed E-state index contributed by atoms with van der Waals surface area (Å²) in [5.74, 6) is 3.04. The highest BCUT2D eigenvalue weighted by Gasteiger charge is 2.23. The summed E-state index contributed by atoms with van der Waals surface area (Å²) < 4.78 is 0. The molecule has 1 aliphatic carbocycles. The van der Waals surface area contributed by atoms with Crippen LogP contribution in [0.25, 0.3) is 0 Å². The van der Waals surface area contributed by atoms with Crippen molar-refractivity contribution in [2.75, 3.05) is 23.3 Å². The van der Waals surface area contributed by atoms with E-state index in [1.54, 1.807) is 0 Å². The maximum atomic E-state index is 4.80. The minimum Gasteiger partial charge on any atom is -0.370 e. The predicted molar refractivity (Wildman–Crippen MR) is 85.5 cm³/mol. The number of nitrogens with zero attached hydrogens (tertiary/aromatic N) is 3. The van der Waals surface area contributed by atoms with Gasteiger partial charge in [-0.05, 0) is 33.1 Å². The topological polar surface area (TPSA) is 41.1 Å². The van der Waals surface area contributed by atoms with Gasteiger partial charge in [-0.25, -0.2) is 9.97 Å². The van der Waals surface area contributed by atoms with Crippen molar-refractivity contribution in [3.8, 4) is 0 Å². The minimum atomic E-state index is 0.666. The summed E-state index contributed by atoms with van der Waals surface area (Å²) in [5.41, 5.74) is 0. The maximum Gasteiger partial charge on any atom is 0.134 e. The molecule has 4 heteroatoms. The van der Waals surface area contributed by atoms with Crippen LogP contribution in [0, 0.1) is 0 Å². The molecule has 0 radical (unpaired) electrons. The molecule has 0 bridgehead atoms. The smallest absolute Gasteiger partial charge is 0.134 e. The SMILES string of the molecule is CCCc1nc(NCC)cc(N(CC)C2CCCC2)n1. The molecule has 1 fully saturated rings. The zero-order valence-corrected chi connectivity index (χ0v) is 13.2. The van der Waals surface area contributed by atoms with Gasteiger partial charge in [-0.3, -0.25) is 0 Å². The van der Waals surface area contributed by atoms with Crippen molar-refractivity contribution in [2.24, 2.45) is 0 Å². The van der Waals surface area contributed by atoms with Crippen molar-refractivity contribution >= 4 is 11.6 Å². The molecule has 0 unspecified atom stereocenters. The lowest BCUT2D eigenvalue weighted by Gasteiger charge is -2.29. The van der Waals surface area contributed by atoms with Crippen LogP contribution in [0.15, 0.2) is 6.07 Å². The standard InChI is InChI=1S/C16H28N4/c1-4-9-14-18-15(17-5-2)12-16(19-14)20(6-3)13-10-7-8-11-13/h12-13H,4-11H2,1-3H3,(H,17,18,19). The molecule has 2 rings (SSSR count). The third-order valence-corrected chi connectivity index (χ3v) is 3.99. The average Bonchev–Trinajstić information content (AvgIpc) is 2.94. The van der Waals surface area contributed by atoms with E-state index >= 15 is 0 Å². The van der Waals surface area contributed by atoms with Gasteiger partial charge in [0.1, 0.15) is 17.5 Å². The number of aromatic nitrogens is 2. The van der Waals surface area contributed by atoms with Crippen LogP contribution in [0.3, 0.4) is 0 Å². The van der Waals surface area contributed by atoms with E-state index in [4.69, 9.17) is 4.98 Å². The molecule has 0 saturated heterocycles. The van der Waals surface area contributed by atoms with Crippen molar-refractivity contribution in [3.63, 3.8) is 0 Å². The molecule has 1 aliphatic rings. The van der Waals surface area contributed by atoms with Gasteiger partial charge in [-0.2, -0.15) is 0 Å². The average molecular weight is 276 g/mol. The Morgan fingerprint density at radius 2 is 1.95 bits per heavy atom. The maximum absolute atomic E-state index is 4.80. The molecule has 4 nitrogen and oxygen atoms in total. The third kappa shape index (κ3) is 3.62. The first-order chi connectivity index (χ1) is 9.78. The van der Waals surface area contributed by atoms with E-state index in [2.05, 4.69) is 42.0 Å². The van der Waals surface area contributed by atoms with E-state index in [1.807, 2.05) is 0 Å². The zero-order valence-electron chi connectivity index (χ0n) is 13.2. The Bertz CT molecular complexity index is 389. The van der Waals surface area contributed by atoms with Crippen molar-refractivity contribution in [3.05, 3.63) is 11.9 Å². The second-order valence-electron chi connectivity index (χ2n) is 5.53. The highest BCUT2D eigenvalue weighted by Crippen LogP contribution is 2.28. The van der Waals surface area contributed by atoms with Crippen LogP contribution in [-0.4, -0.2) is 29.1 Å². The molecule has 1 saturated carbocycles. The molecule has 1 N–H and O–H groups in total. The molecule has 1 heterocycles.